The van der Waals surface area contributed by atoms with Crippen molar-refractivity contribution in [1.29, 1.82) is 0 Å². The molecule has 0 bridgehead atoms. The molecular weight excluding hydrogens is 128 g/mol. The highest BCUT2D eigenvalue weighted by Gasteiger charge is 2.04. The first kappa shape index (κ1) is 7.28. The monoisotopic (exact) mass is 140 g/mol. The van der Waals surface area contributed by atoms with Crippen LogP contribution < -0.4 is 5.73 Å². The summed E-state index contributed by atoms with van der Waals surface area (Å²) in [6, 6.07) is 0. The SMILES string of the molecule is CCc1oc(CN)nc1C. The van der Waals surface area contributed by atoms with Gasteiger partial charge in [-0.2, -0.15) is 0 Å². The number of hydrogen-bond donors (Lipinski definition) is 1. The van der Waals surface area contributed by atoms with Crippen molar-refractivity contribution in [3.8, 4) is 0 Å². The summed E-state index contributed by atoms with van der Waals surface area (Å²) in [5, 5.41) is 0. The van der Waals surface area contributed by atoms with Gasteiger partial charge in [-0.1, -0.05) is 6.92 Å². The van der Waals surface area contributed by atoms with Crippen LogP contribution in [-0.2, 0) is 13.0 Å². The molecule has 0 saturated heterocycles. The second kappa shape index (κ2) is 2.84. The molecule has 10 heavy (non-hydrogen) atoms. The maximum atomic E-state index is 5.33. The summed E-state index contributed by atoms with van der Waals surface area (Å²) >= 11 is 0. The van der Waals surface area contributed by atoms with E-state index in [1.165, 1.54) is 0 Å². The van der Waals surface area contributed by atoms with E-state index in [4.69, 9.17) is 10.2 Å². The molecule has 0 aliphatic carbocycles. The molecule has 0 unspecified atom stereocenters. The number of aryl methyl sites for hydroxylation is 2. The van der Waals surface area contributed by atoms with Gasteiger partial charge in [0.2, 0.25) is 5.89 Å². The second-order valence-electron chi connectivity index (χ2n) is 2.17. The van der Waals surface area contributed by atoms with Crippen LogP contribution in [0.25, 0.3) is 0 Å². The quantitative estimate of drug-likeness (QED) is 0.666. The molecule has 0 atom stereocenters. The summed E-state index contributed by atoms with van der Waals surface area (Å²) in [5.41, 5.74) is 6.29. The van der Waals surface area contributed by atoms with E-state index in [-0.39, 0.29) is 0 Å². The van der Waals surface area contributed by atoms with Gasteiger partial charge in [-0.25, -0.2) is 4.98 Å². The first-order valence-corrected chi connectivity index (χ1v) is 3.43. The van der Waals surface area contributed by atoms with Crippen molar-refractivity contribution in [2.45, 2.75) is 26.8 Å². The maximum Gasteiger partial charge on any atom is 0.208 e. The van der Waals surface area contributed by atoms with Crippen molar-refractivity contribution >= 4 is 0 Å². The summed E-state index contributed by atoms with van der Waals surface area (Å²) in [7, 11) is 0. The van der Waals surface area contributed by atoms with E-state index < -0.39 is 0 Å². The van der Waals surface area contributed by atoms with Gasteiger partial charge in [0, 0.05) is 6.42 Å². The average Bonchev–Trinajstić information content (AvgIpc) is 2.30. The highest BCUT2D eigenvalue weighted by Crippen LogP contribution is 2.09. The molecule has 56 valence electrons. The van der Waals surface area contributed by atoms with Crippen molar-refractivity contribution in [2.24, 2.45) is 5.73 Å². The van der Waals surface area contributed by atoms with Gasteiger partial charge in [0.15, 0.2) is 0 Å². The van der Waals surface area contributed by atoms with Gasteiger partial charge in [-0.15, -0.1) is 0 Å². The minimum atomic E-state index is 0.390. The van der Waals surface area contributed by atoms with Crippen molar-refractivity contribution < 1.29 is 4.42 Å². The largest absolute Gasteiger partial charge is 0.444 e. The Balaban J connectivity index is 2.92. The third-order valence-electron chi connectivity index (χ3n) is 1.43. The van der Waals surface area contributed by atoms with Crippen LogP contribution in [0.3, 0.4) is 0 Å². The Bertz CT molecular complexity index is 217. The topological polar surface area (TPSA) is 52.0 Å². The van der Waals surface area contributed by atoms with Crippen LogP contribution in [0.1, 0.15) is 24.3 Å². The van der Waals surface area contributed by atoms with Crippen LogP contribution in [-0.4, -0.2) is 4.98 Å². The lowest BCUT2D eigenvalue weighted by Crippen LogP contribution is -1.95. The number of oxazole rings is 1. The van der Waals surface area contributed by atoms with Gasteiger partial charge < -0.3 is 10.2 Å². The number of nitrogens with two attached hydrogens (primary N) is 1. The summed E-state index contributed by atoms with van der Waals surface area (Å²) in [6.07, 6.45) is 0.888. The molecule has 3 heteroatoms. The van der Waals surface area contributed by atoms with E-state index in [2.05, 4.69) is 4.98 Å². The number of rotatable bonds is 2. The molecule has 0 radical (unpaired) electrons. The van der Waals surface area contributed by atoms with Crippen LogP contribution in [0.5, 0.6) is 0 Å². The normalized spacial score (nSPS) is 10.3. The molecular formula is C7H12N2O. The first-order chi connectivity index (χ1) is 4.77. The van der Waals surface area contributed by atoms with Crippen LogP contribution in [0, 0.1) is 6.92 Å². The van der Waals surface area contributed by atoms with Gasteiger partial charge in [0.1, 0.15) is 5.76 Å². The molecule has 0 aliphatic heterocycles. The van der Waals surface area contributed by atoms with E-state index in [9.17, 15) is 0 Å². The minimum absolute atomic E-state index is 0.390. The van der Waals surface area contributed by atoms with E-state index in [1.807, 2.05) is 13.8 Å². The van der Waals surface area contributed by atoms with Crippen LogP contribution in [0.4, 0.5) is 0 Å². The smallest absolute Gasteiger partial charge is 0.208 e. The molecule has 1 aromatic rings. The first-order valence-electron chi connectivity index (χ1n) is 3.43. The van der Waals surface area contributed by atoms with Crippen molar-refractivity contribution in [3.05, 3.63) is 17.3 Å². The molecule has 0 spiro atoms. The summed E-state index contributed by atoms with van der Waals surface area (Å²) in [5.74, 6) is 1.58. The average molecular weight is 140 g/mol. The summed E-state index contributed by atoms with van der Waals surface area (Å²) < 4.78 is 5.28. The standard InChI is InChI=1S/C7H12N2O/c1-3-6-5(2)9-7(4-8)10-6/h3-4,8H2,1-2H3. The number of aromatic nitrogens is 1. The predicted octanol–water partition coefficient (Wildman–Crippen LogP) is 1.00. The van der Waals surface area contributed by atoms with Gasteiger partial charge in [0.05, 0.1) is 12.2 Å². The molecule has 1 rings (SSSR count). The van der Waals surface area contributed by atoms with Crippen LogP contribution >= 0.6 is 0 Å². The van der Waals surface area contributed by atoms with Gasteiger partial charge >= 0.3 is 0 Å². The Labute approximate surface area is 60.2 Å². The lowest BCUT2D eigenvalue weighted by molar-refractivity contribution is 0.460. The molecule has 1 aromatic heterocycles. The zero-order valence-corrected chi connectivity index (χ0v) is 6.35. The fourth-order valence-corrected chi connectivity index (χ4v) is 0.904. The molecule has 2 N–H and O–H groups in total. The zero-order valence-electron chi connectivity index (χ0n) is 6.35. The maximum absolute atomic E-state index is 5.33. The number of hydrogen-bond acceptors (Lipinski definition) is 3. The van der Waals surface area contributed by atoms with Crippen molar-refractivity contribution in [3.63, 3.8) is 0 Å². The third kappa shape index (κ3) is 1.19. The van der Waals surface area contributed by atoms with Gasteiger partial charge in [-0.05, 0) is 6.92 Å². The van der Waals surface area contributed by atoms with E-state index >= 15 is 0 Å². The number of nitrogens with zero attached hydrogens (tertiary/aromatic N) is 1. The van der Waals surface area contributed by atoms with Crippen LogP contribution in [0.15, 0.2) is 4.42 Å². The van der Waals surface area contributed by atoms with Gasteiger partial charge in [0.25, 0.3) is 0 Å². The molecule has 0 amide bonds. The van der Waals surface area contributed by atoms with E-state index in [1.54, 1.807) is 0 Å². The lowest BCUT2D eigenvalue weighted by Gasteiger charge is -1.86. The van der Waals surface area contributed by atoms with E-state index in [0.717, 1.165) is 17.9 Å². The Hall–Kier alpha value is -0.830. The molecule has 1 heterocycles. The van der Waals surface area contributed by atoms with E-state index in [0.29, 0.717) is 12.4 Å². The van der Waals surface area contributed by atoms with Gasteiger partial charge in [-0.3, -0.25) is 0 Å². The Morgan fingerprint density at radius 3 is 2.60 bits per heavy atom. The Morgan fingerprint density at radius 1 is 1.60 bits per heavy atom. The summed E-state index contributed by atoms with van der Waals surface area (Å²) in [6.45, 7) is 4.36. The highest BCUT2D eigenvalue weighted by atomic mass is 16.4. The fraction of sp³-hybridized carbons (Fsp3) is 0.571. The van der Waals surface area contributed by atoms with Crippen LogP contribution in [0.2, 0.25) is 0 Å². The van der Waals surface area contributed by atoms with Crippen molar-refractivity contribution in [2.75, 3.05) is 0 Å². The highest BCUT2D eigenvalue weighted by molar-refractivity contribution is 5.07. The predicted molar refractivity (Wildman–Crippen MR) is 38.5 cm³/mol. The van der Waals surface area contributed by atoms with Crippen molar-refractivity contribution in [1.82, 2.24) is 4.98 Å². The third-order valence-corrected chi connectivity index (χ3v) is 1.43. The lowest BCUT2D eigenvalue weighted by atomic mass is 10.3. The second-order valence-corrected chi connectivity index (χ2v) is 2.17. The Kier molecular flexibility index (Phi) is 2.06. The summed E-state index contributed by atoms with van der Waals surface area (Å²) in [4.78, 5) is 4.11. The molecule has 0 aliphatic rings. The minimum Gasteiger partial charge on any atom is -0.444 e. The Morgan fingerprint density at radius 2 is 2.30 bits per heavy atom. The molecule has 0 aromatic carbocycles. The molecule has 0 fully saturated rings. The fourth-order valence-electron chi connectivity index (χ4n) is 0.904. The molecule has 0 saturated carbocycles. The molecule has 3 nitrogen and oxygen atoms in total. The zero-order chi connectivity index (χ0) is 7.56.